The maximum absolute atomic E-state index is 12.6. The van der Waals surface area contributed by atoms with Crippen LogP contribution in [0.3, 0.4) is 0 Å². The molecule has 0 fully saturated rings. The van der Waals surface area contributed by atoms with Gasteiger partial charge < -0.3 is 0 Å². The Morgan fingerprint density at radius 1 is 1.33 bits per heavy atom. The molecule has 118 valence electrons. The predicted octanol–water partition coefficient (Wildman–Crippen LogP) is 3.41. The summed E-state index contributed by atoms with van der Waals surface area (Å²) in [6.45, 7) is 5.79. The van der Waals surface area contributed by atoms with E-state index < -0.39 is 20.6 Å². The van der Waals surface area contributed by atoms with Crippen LogP contribution in [0.4, 0.5) is 5.69 Å². The molecule has 0 spiro atoms. The molecule has 0 aliphatic heterocycles. The van der Waals surface area contributed by atoms with Crippen molar-refractivity contribution in [2.45, 2.75) is 38.1 Å². The highest BCUT2D eigenvalue weighted by Gasteiger charge is 2.32. The highest BCUT2D eigenvalue weighted by molar-refractivity contribution is 9.10. The van der Waals surface area contributed by atoms with Crippen LogP contribution in [0, 0.1) is 16.0 Å². The third-order valence-electron chi connectivity index (χ3n) is 3.21. The molecule has 1 rings (SSSR count). The summed E-state index contributed by atoms with van der Waals surface area (Å²) in [5.74, 6) is 0.329. The summed E-state index contributed by atoms with van der Waals surface area (Å²) >= 11 is 3.16. The molecule has 0 aromatic heterocycles. The third kappa shape index (κ3) is 4.24. The minimum Gasteiger partial charge on any atom is -0.258 e. The molecule has 1 atom stereocenters. The van der Waals surface area contributed by atoms with E-state index in [0.29, 0.717) is 16.8 Å². The fourth-order valence-corrected chi connectivity index (χ4v) is 4.13. The highest BCUT2D eigenvalue weighted by atomic mass is 79.9. The molecule has 6 nitrogen and oxygen atoms in total. The van der Waals surface area contributed by atoms with E-state index in [1.807, 2.05) is 13.8 Å². The quantitative estimate of drug-likeness (QED) is 0.560. The topological polar surface area (TPSA) is 80.5 Å². The van der Waals surface area contributed by atoms with Crippen molar-refractivity contribution in [3.05, 3.63) is 32.8 Å². The molecule has 0 bridgehead atoms. The molecule has 0 saturated carbocycles. The Kier molecular flexibility index (Phi) is 5.89. The number of sulfonamides is 1. The van der Waals surface area contributed by atoms with E-state index in [2.05, 4.69) is 15.9 Å². The second-order valence-corrected chi connectivity index (χ2v) is 8.25. The summed E-state index contributed by atoms with van der Waals surface area (Å²) < 4.78 is 26.9. The van der Waals surface area contributed by atoms with Gasteiger partial charge >= 0.3 is 0 Å². The molecule has 1 aromatic carbocycles. The fourth-order valence-electron chi connectivity index (χ4n) is 2.07. The summed E-state index contributed by atoms with van der Waals surface area (Å²) in [5, 5.41) is 11.1. The first-order chi connectivity index (χ1) is 9.57. The number of nitro groups is 1. The summed E-state index contributed by atoms with van der Waals surface area (Å²) in [6.07, 6.45) is 0.678. The van der Waals surface area contributed by atoms with Gasteiger partial charge in [0, 0.05) is 23.6 Å². The van der Waals surface area contributed by atoms with Crippen LogP contribution in [0.1, 0.15) is 27.2 Å². The van der Waals surface area contributed by atoms with Crippen LogP contribution in [0.5, 0.6) is 0 Å². The first-order valence-corrected chi connectivity index (χ1v) is 8.72. The van der Waals surface area contributed by atoms with Crippen molar-refractivity contribution in [2.75, 3.05) is 7.05 Å². The van der Waals surface area contributed by atoms with Gasteiger partial charge in [0.25, 0.3) is 5.69 Å². The molecule has 0 amide bonds. The molecule has 0 radical (unpaired) electrons. The van der Waals surface area contributed by atoms with Crippen molar-refractivity contribution in [3.8, 4) is 0 Å². The monoisotopic (exact) mass is 378 g/mol. The van der Waals surface area contributed by atoms with Crippen LogP contribution in [0.2, 0.25) is 0 Å². The molecule has 0 aliphatic rings. The van der Waals surface area contributed by atoms with Gasteiger partial charge in [0.1, 0.15) is 0 Å². The zero-order valence-corrected chi connectivity index (χ0v) is 14.8. The van der Waals surface area contributed by atoms with E-state index >= 15 is 0 Å². The minimum absolute atomic E-state index is 0.242. The Morgan fingerprint density at radius 3 is 2.38 bits per heavy atom. The van der Waals surface area contributed by atoms with E-state index in [-0.39, 0.29) is 10.9 Å². The van der Waals surface area contributed by atoms with Gasteiger partial charge in [-0.1, -0.05) is 29.8 Å². The number of benzene rings is 1. The largest absolute Gasteiger partial charge is 0.289 e. The van der Waals surface area contributed by atoms with E-state index in [9.17, 15) is 18.5 Å². The lowest BCUT2D eigenvalue weighted by Crippen LogP contribution is -2.36. The molecule has 8 heteroatoms. The maximum atomic E-state index is 12.6. The molecular formula is C13H19BrN2O4S. The first-order valence-electron chi connectivity index (χ1n) is 6.49. The van der Waals surface area contributed by atoms with E-state index in [1.54, 1.807) is 6.92 Å². The van der Waals surface area contributed by atoms with Crippen LogP contribution in [0.25, 0.3) is 0 Å². The fraction of sp³-hybridized carbons (Fsp3) is 0.538. The second kappa shape index (κ2) is 6.85. The number of hydrogen-bond acceptors (Lipinski definition) is 4. The smallest absolute Gasteiger partial charge is 0.258 e. The van der Waals surface area contributed by atoms with Crippen LogP contribution in [-0.2, 0) is 10.0 Å². The third-order valence-corrected chi connectivity index (χ3v) is 5.70. The van der Waals surface area contributed by atoms with Gasteiger partial charge in [-0.05, 0) is 31.4 Å². The van der Waals surface area contributed by atoms with Crippen molar-refractivity contribution in [1.29, 1.82) is 0 Å². The van der Waals surface area contributed by atoms with Crippen LogP contribution in [0.15, 0.2) is 27.6 Å². The Morgan fingerprint density at radius 2 is 1.90 bits per heavy atom. The molecule has 1 unspecified atom stereocenters. The lowest BCUT2D eigenvalue weighted by atomic mass is 10.1. The van der Waals surface area contributed by atoms with Gasteiger partial charge in [0.2, 0.25) is 10.0 Å². The molecule has 1 aromatic rings. The average Bonchev–Trinajstić information content (AvgIpc) is 2.36. The molecule has 0 saturated heterocycles. The summed E-state index contributed by atoms with van der Waals surface area (Å²) in [7, 11) is -2.47. The van der Waals surface area contributed by atoms with E-state index in [0.717, 1.165) is 0 Å². The number of rotatable bonds is 6. The van der Waals surface area contributed by atoms with Crippen molar-refractivity contribution >= 4 is 31.6 Å². The molecular weight excluding hydrogens is 360 g/mol. The molecule has 21 heavy (non-hydrogen) atoms. The highest BCUT2D eigenvalue weighted by Crippen LogP contribution is 2.30. The van der Waals surface area contributed by atoms with Crippen LogP contribution < -0.4 is 0 Å². The summed E-state index contributed by atoms with van der Waals surface area (Å²) in [5.41, 5.74) is -0.415. The standard InChI is InChI=1S/C13H19BrN2O4S/c1-9(2)7-10(3)15(4)21(19,20)13-8-11(14)5-6-12(13)16(17)18/h5-6,8-10H,7H2,1-4H3. The number of nitro benzene ring substituents is 1. The normalized spacial score (nSPS) is 13.7. The number of nitrogens with zero attached hydrogens (tertiary/aromatic N) is 2. The lowest BCUT2D eigenvalue weighted by molar-refractivity contribution is -0.387. The van der Waals surface area contributed by atoms with E-state index in [4.69, 9.17) is 0 Å². The Labute approximate surface area is 133 Å². The SMILES string of the molecule is CC(C)CC(C)N(C)S(=O)(=O)c1cc(Br)ccc1[N+](=O)[O-]. The zero-order valence-electron chi connectivity index (χ0n) is 12.4. The van der Waals surface area contributed by atoms with Crippen molar-refractivity contribution < 1.29 is 13.3 Å². The van der Waals surface area contributed by atoms with Gasteiger partial charge in [-0.25, -0.2) is 8.42 Å². The Hall–Kier alpha value is -0.990. The summed E-state index contributed by atoms with van der Waals surface area (Å²) in [4.78, 5) is 10.1. The minimum atomic E-state index is -3.92. The van der Waals surface area contributed by atoms with Gasteiger partial charge in [-0.15, -0.1) is 0 Å². The van der Waals surface area contributed by atoms with Gasteiger partial charge in [0.15, 0.2) is 4.90 Å². The zero-order chi connectivity index (χ0) is 16.4. The number of halogens is 1. The predicted molar refractivity (Wildman–Crippen MR) is 84.7 cm³/mol. The lowest BCUT2D eigenvalue weighted by Gasteiger charge is -2.25. The Bertz CT molecular complexity index is 631. The maximum Gasteiger partial charge on any atom is 0.289 e. The van der Waals surface area contributed by atoms with Crippen molar-refractivity contribution in [1.82, 2.24) is 4.31 Å². The van der Waals surface area contributed by atoms with E-state index in [1.165, 1.54) is 29.6 Å². The molecule has 0 heterocycles. The van der Waals surface area contributed by atoms with Gasteiger partial charge in [-0.3, -0.25) is 10.1 Å². The average molecular weight is 379 g/mol. The van der Waals surface area contributed by atoms with Gasteiger partial charge in [-0.2, -0.15) is 4.31 Å². The molecule has 0 aliphatic carbocycles. The van der Waals surface area contributed by atoms with Gasteiger partial charge in [0.05, 0.1) is 4.92 Å². The molecule has 0 N–H and O–H groups in total. The summed E-state index contributed by atoms with van der Waals surface area (Å²) in [6, 6.07) is 3.67. The first kappa shape index (κ1) is 18.1. The van der Waals surface area contributed by atoms with Crippen LogP contribution >= 0.6 is 15.9 Å². The second-order valence-electron chi connectivity index (χ2n) is 5.37. The van der Waals surface area contributed by atoms with Crippen molar-refractivity contribution in [3.63, 3.8) is 0 Å². The number of hydrogen-bond donors (Lipinski definition) is 0. The Balaban J connectivity index is 3.30. The van der Waals surface area contributed by atoms with Crippen molar-refractivity contribution in [2.24, 2.45) is 5.92 Å². The van der Waals surface area contributed by atoms with Crippen LogP contribution in [-0.4, -0.2) is 30.7 Å².